The molecule has 20 heavy (non-hydrogen) atoms. The molecule has 0 radical (unpaired) electrons. The summed E-state index contributed by atoms with van der Waals surface area (Å²) in [5.74, 6) is 0. The molecule has 3 rings (SSSR count). The van der Waals surface area contributed by atoms with Crippen LogP contribution in [0.4, 0.5) is 0 Å². The predicted molar refractivity (Wildman–Crippen MR) is 79.7 cm³/mol. The lowest BCUT2D eigenvalue weighted by atomic mass is 10.2. The molecule has 0 saturated carbocycles. The van der Waals surface area contributed by atoms with Crippen molar-refractivity contribution in [1.82, 2.24) is 10.0 Å². The molecule has 0 unspecified atom stereocenters. The number of rotatable bonds is 4. The van der Waals surface area contributed by atoms with Gasteiger partial charge in [0.1, 0.15) is 0 Å². The minimum absolute atomic E-state index is 0.262. The number of aliphatic hydroxyl groups excluding tert-OH is 1. The number of benzene rings is 2. The van der Waals surface area contributed by atoms with Crippen LogP contribution in [0.5, 0.6) is 0 Å². The molecule has 0 amide bonds. The monoisotopic (exact) mass is 268 g/mol. The first-order valence-electron chi connectivity index (χ1n) is 7.07. The summed E-state index contributed by atoms with van der Waals surface area (Å²) in [6, 6.07) is 20.8. The Morgan fingerprint density at radius 1 is 0.750 bits per heavy atom. The number of nitrogens with zero attached hydrogens (tertiary/aromatic N) is 2. The van der Waals surface area contributed by atoms with Gasteiger partial charge in [-0.25, -0.2) is 10.0 Å². The van der Waals surface area contributed by atoms with Crippen molar-refractivity contribution in [2.75, 3.05) is 13.1 Å². The van der Waals surface area contributed by atoms with Crippen molar-refractivity contribution in [2.45, 2.75) is 19.2 Å². The maximum Gasteiger partial charge on any atom is 0.0822 e. The third-order valence-electron chi connectivity index (χ3n) is 3.66. The van der Waals surface area contributed by atoms with E-state index in [-0.39, 0.29) is 6.10 Å². The molecule has 0 bridgehead atoms. The molecule has 1 N–H and O–H groups in total. The van der Waals surface area contributed by atoms with Crippen LogP contribution in [0.1, 0.15) is 11.1 Å². The third-order valence-corrected chi connectivity index (χ3v) is 3.66. The molecule has 3 heteroatoms. The summed E-state index contributed by atoms with van der Waals surface area (Å²) >= 11 is 0. The lowest BCUT2D eigenvalue weighted by Crippen LogP contribution is -2.35. The standard InChI is InChI=1S/C17H20N2O/c20-17-13-18(11-15-7-3-1-4-8-15)19(14-17)12-16-9-5-2-6-10-16/h1-10,17,20H,11-14H2. The minimum atomic E-state index is -0.262. The summed E-state index contributed by atoms with van der Waals surface area (Å²) in [5, 5.41) is 14.4. The van der Waals surface area contributed by atoms with Gasteiger partial charge in [-0.1, -0.05) is 60.7 Å². The van der Waals surface area contributed by atoms with E-state index < -0.39 is 0 Å². The van der Waals surface area contributed by atoms with E-state index in [9.17, 15) is 5.11 Å². The van der Waals surface area contributed by atoms with Gasteiger partial charge in [-0.05, 0) is 11.1 Å². The second-order valence-electron chi connectivity index (χ2n) is 5.32. The molecule has 0 atom stereocenters. The number of hydrogen-bond acceptors (Lipinski definition) is 3. The molecule has 1 fully saturated rings. The molecule has 104 valence electrons. The number of β-amino-alcohol motifs (C(OH)–C–C–N with tert-alkyl or cyclic N) is 1. The molecule has 2 aromatic rings. The van der Waals surface area contributed by atoms with Crippen LogP contribution in [-0.4, -0.2) is 34.3 Å². The molecular formula is C17H20N2O. The number of aliphatic hydroxyl groups is 1. The Labute approximate surface area is 120 Å². The van der Waals surface area contributed by atoms with Crippen molar-refractivity contribution < 1.29 is 5.11 Å². The van der Waals surface area contributed by atoms with Crippen LogP contribution in [0.25, 0.3) is 0 Å². The summed E-state index contributed by atoms with van der Waals surface area (Å²) in [5.41, 5.74) is 2.55. The minimum Gasteiger partial charge on any atom is -0.390 e. The topological polar surface area (TPSA) is 26.7 Å². The fourth-order valence-corrected chi connectivity index (χ4v) is 2.69. The van der Waals surface area contributed by atoms with E-state index >= 15 is 0 Å². The fraction of sp³-hybridized carbons (Fsp3) is 0.294. The summed E-state index contributed by atoms with van der Waals surface area (Å²) < 4.78 is 0. The largest absolute Gasteiger partial charge is 0.390 e. The van der Waals surface area contributed by atoms with Crippen molar-refractivity contribution in [3.8, 4) is 0 Å². The molecule has 0 spiro atoms. The van der Waals surface area contributed by atoms with Gasteiger partial charge in [0.15, 0.2) is 0 Å². The summed E-state index contributed by atoms with van der Waals surface area (Å²) in [4.78, 5) is 0. The number of hydrogen-bond donors (Lipinski definition) is 1. The van der Waals surface area contributed by atoms with Crippen LogP contribution >= 0.6 is 0 Å². The second-order valence-corrected chi connectivity index (χ2v) is 5.32. The Kier molecular flexibility index (Phi) is 4.11. The highest BCUT2D eigenvalue weighted by Gasteiger charge is 2.28. The van der Waals surface area contributed by atoms with Crippen molar-refractivity contribution in [3.63, 3.8) is 0 Å². The molecule has 1 heterocycles. The predicted octanol–water partition coefficient (Wildman–Crippen LogP) is 2.28. The Morgan fingerprint density at radius 2 is 1.15 bits per heavy atom. The zero-order valence-corrected chi connectivity index (χ0v) is 11.5. The number of hydrazine groups is 1. The summed E-state index contributed by atoms with van der Waals surface area (Å²) in [6.07, 6.45) is -0.262. The van der Waals surface area contributed by atoms with Crippen molar-refractivity contribution in [2.24, 2.45) is 0 Å². The van der Waals surface area contributed by atoms with E-state index in [0.29, 0.717) is 13.1 Å². The van der Waals surface area contributed by atoms with Gasteiger partial charge in [0.25, 0.3) is 0 Å². The van der Waals surface area contributed by atoms with E-state index in [0.717, 1.165) is 13.1 Å². The summed E-state index contributed by atoms with van der Waals surface area (Å²) in [7, 11) is 0. The average molecular weight is 268 g/mol. The van der Waals surface area contributed by atoms with E-state index in [1.54, 1.807) is 0 Å². The average Bonchev–Trinajstić information content (AvgIpc) is 2.81. The fourth-order valence-electron chi connectivity index (χ4n) is 2.69. The van der Waals surface area contributed by atoms with Crippen LogP contribution in [0.3, 0.4) is 0 Å². The van der Waals surface area contributed by atoms with Crippen LogP contribution < -0.4 is 0 Å². The molecule has 3 nitrogen and oxygen atoms in total. The highest BCUT2D eigenvalue weighted by Crippen LogP contribution is 2.18. The first kappa shape index (κ1) is 13.3. The van der Waals surface area contributed by atoms with Gasteiger partial charge in [0.2, 0.25) is 0 Å². The van der Waals surface area contributed by atoms with Gasteiger partial charge in [-0.15, -0.1) is 0 Å². The van der Waals surface area contributed by atoms with Crippen LogP contribution in [0.2, 0.25) is 0 Å². The quantitative estimate of drug-likeness (QED) is 0.921. The Hall–Kier alpha value is -1.68. The molecule has 1 aliphatic heterocycles. The molecule has 1 aliphatic rings. The zero-order chi connectivity index (χ0) is 13.8. The Morgan fingerprint density at radius 3 is 1.55 bits per heavy atom. The van der Waals surface area contributed by atoms with E-state index in [1.165, 1.54) is 11.1 Å². The summed E-state index contributed by atoms with van der Waals surface area (Å²) in [6.45, 7) is 3.12. The highest BCUT2D eigenvalue weighted by atomic mass is 16.3. The Bertz CT molecular complexity index is 480. The van der Waals surface area contributed by atoms with E-state index in [1.807, 2.05) is 12.1 Å². The van der Waals surface area contributed by atoms with Gasteiger partial charge in [0, 0.05) is 26.2 Å². The van der Waals surface area contributed by atoms with Gasteiger partial charge in [-0.2, -0.15) is 0 Å². The third kappa shape index (κ3) is 3.25. The van der Waals surface area contributed by atoms with Gasteiger partial charge in [0.05, 0.1) is 6.10 Å². The van der Waals surface area contributed by atoms with E-state index in [4.69, 9.17) is 0 Å². The molecule has 1 saturated heterocycles. The molecule has 0 aromatic heterocycles. The maximum absolute atomic E-state index is 9.94. The first-order chi connectivity index (χ1) is 9.81. The molecule has 2 aromatic carbocycles. The Balaban J connectivity index is 1.69. The lowest BCUT2D eigenvalue weighted by molar-refractivity contribution is 0.0109. The van der Waals surface area contributed by atoms with Crippen molar-refractivity contribution in [3.05, 3.63) is 71.8 Å². The van der Waals surface area contributed by atoms with E-state index in [2.05, 4.69) is 58.5 Å². The normalized spacial score (nSPS) is 17.6. The SMILES string of the molecule is OC1CN(Cc2ccccc2)N(Cc2ccccc2)C1. The molecular weight excluding hydrogens is 248 g/mol. The van der Waals surface area contributed by atoms with Gasteiger partial charge in [-0.3, -0.25) is 0 Å². The molecule has 0 aliphatic carbocycles. The zero-order valence-electron chi connectivity index (χ0n) is 11.5. The van der Waals surface area contributed by atoms with Crippen LogP contribution in [0, 0.1) is 0 Å². The van der Waals surface area contributed by atoms with Crippen molar-refractivity contribution >= 4 is 0 Å². The first-order valence-corrected chi connectivity index (χ1v) is 7.07. The highest BCUT2D eigenvalue weighted by molar-refractivity contribution is 5.16. The van der Waals surface area contributed by atoms with Crippen LogP contribution in [-0.2, 0) is 13.1 Å². The smallest absolute Gasteiger partial charge is 0.0822 e. The maximum atomic E-state index is 9.94. The second kappa shape index (κ2) is 6.18. The van der Waals surface area contributed by atoms with Gasteiger partial charge < -0.3 is 5.11 Å². The van der Waals surface area contributed by atoms with Crippen LogP contribution in [0.15, 0.2) is 60.7 Å². The van der Waals surface area contributed by atoms with Gasteiger partial charge >= 0.3 is 0 Å². The van der Waals surface area contributed by atoms with Crippen molar-refractivity contribution in [1.29, 1.82) is 0 Å². The lowest BCUT2D eigenvalue weighted by Gasteiger charge is -2.27.